The van der Waals surface area contributed by atoms with Gasteiger partial charge in [0.15, 0.2) is 0 Å². The average Bonchev–Trinajstić information content (AvgIpc) is 2.23. The molecule has 86 valence electrons. The van der Waals surface area contributed by atoms with E-state index in [0.717, 1.165) is 29.3 Å². The van der Waals surface area contributed by atoms with Crippen molar-refractivity contribution in [2.45, 2.75) is 25.3 Å². The van der Waals surface area contributed by atoms with Crippen LogP contribution in [0.5, 0.6) is 0 Å². The van der Waals surface area contributed by atoms with Gasteiger partial charge in [-0.25, -0.2) is 4.39 Å². The van der Waals surface area contributed by atoms with Crippen molar-refractivity contribution in [1.82, 2.24) is 5.32 Å². The minimum atomic E-state index is -0.221. The van der Waals surface area contributed by atoms with Gasteiger partial charge in [0.25, 0.3) is 0 Å². The van der Waals surface area contributed by atoms with Crippen molar-refractivity contribution in [2.75, 3.05) is 7.05 Å². The Hall–Kier alpha value is -0.850. The quantitative estimate of drug-likeness (QED) is 0.643. The predicted molar refractivity (Wildman–Crippen MR) is 68.6 cm³/mol. The number of hydrogen-bond donors (Lipinski definition) is 1. The molecule has 0 heterocycles. The van der Waals surface area contributed by atoms with Gasteiger partial charge in [-0.05, 0) is 43.7 Å². The molecule has 1 unspecified atom stereocenters. The molecule has 3 heteroatoms. The molecule has 1 atom stereocenters. The van der Waals surface area contributed by atoms with Gasteiger partial charge in [0.2, 0.25) is 0 Å². The molecule has 1 aromatic rings. The van der Waals surface area contributed by atoms with Gasteiger partial charge < -0.3 is 5.32 Å². The van der Waals surface area contributed by atoms with Gasteiger partial charge in [-0.1, -0.05) is 15.9 Å². The van der Waals surface area contributed by atoms with E-state index in [1.54, 1.807) is 6.07 Å². The Morgan fingerprint density at radius 2 is 2.25 bits per heavy atom. The summed E-state index contributed by atoms with van der Waals surface area (Å²) in [5.74, 6) is 2.39. The van der Waals surface area contributed by atoms with E-state index in [0.29, 0.717) is 0 Å². The highest BCUT2D eigenvalue weighted by Crippen LogP contribution is 2.23. The number of unbranched alkanes of at least 4 members (excludes halogenated alkanes) is 1. The van der Waals surface area contributed by atoms with Crippen LogP contribution in [0.15, 0.2) is 22.7 Å². The molecule has 0 bridgehead atoms. The first kappa shape index (κ1) is 13.2. The molecule has 0 aliphatic heterocycles. The molecule has 1 rings (SSSR count). The molecule has 16 heavy (non-hydrogen) atoms. The Balaban J connectivity index is 2.74. The second-order valence-corrected chi connectivity index (χ2v) is 4.56. The summed E-state index contributed by atoms with van der Waals surface area (Å²) in [6.45, 7) is 0. The number of rotatable bonds is 5. The van der Waals surface area contributed by atoms with Gasteiger partial charge in [-0.2, -0.15) is 0 Å². The Bertz CT molecular complexity index is 364. The van der Waals surface area contributed by atoms with Crippen LogP contribution in [0.3, 0.4) is 0 Å². The van der Waals surface area contributed by atoms with Crippen LogP contribution in [-0.2, 0) is 0 Å². The minimum absolute atomic E-state index is 0.153. The number of nitrogens with one attached hydrogen (secondary N) is 1. The molecular weight excluding hydrogens is 269 g/mol. The van der Waals surface area contributed by atoms with Crippen LogP contribution in [0.25, 0.3) is 0 Å². The summed E-state index contributed by atoms with van der Waals surface area (Å²) < 4.78 is 14.0. The molecule has 0 aromatic heterocycles. The summed E-state index contributed by atoms with van der Waals surface area (Å²) in [6, 6.07) is 5.10. The lowest BCUT2D eigenvalue weighted by Crippen LogP contribution is -2.16. The molecule has 0 aliphatic carbocycles. The maximum Gasteiger partial charge on any atom is 0.124 e. The van der Waals surface area contributed by atoms with E-state index in [4.69, 9.17) is 6.42 Å². The van der Waals surface area contributed by atoms with Crippen LogP contribution in [0.4, 0.5) is 4.39 Å². The highest BCUT2D eigenvalue weighted by Gasteiger charge is 2.10. The zero-order chi connectivity index (χ0) is 12.0. The molecule has 0 amide bonds. The van der Waals surface area contributed by atoms with Gasteiger partial charge in [0.1, 0.15) is 5.82 Å². The number of hydrogen-bond acceptors (Lipinski definition) is 1. The summed E-state index contributed by atoms with van der Waals surface area (Å²) in [4.78, 5) is 0. The van der Waals surface area contributed by atoms with Gasteiger partial charge in [0.05, 0.1) is 0 Å². The summed E-state index contributed by atoms with van der Waals surface area (Å²) in [5, 5.41) is 3.18. The lowest BCUT2D eigenvalue weighted by Gasteiger charge is -2.16. The fraction of sp³-hybridized carbons (Fsp3) is 0.385. The third-order valence-electron chi connectivity index (χ3n) is 2.45. The van der Waals surface area contributed by atoms with Crippen LogP contribution in [0.2, 0.25) is 0 Å². The molecule has 0 saturated carbocycles. The van der Waals surface area contributed by atoms with Crippen molar-refractivity contribution in [2.24, 2.45) is 0 Å². The van der Waals surface area contributed by atoms with Crippen molar-refractivity contribution in [3.8, 4) is 12.3 Å². The third kappa shape index (κ3) is 3.96. The highest BCUT2D eigenvalue weighted by molar-refractivity contribution is 9.10. The summed E-state index contributed by atoms with van der Waals surface area (Å²) >= 11 is 3.29. The van der Waals surface area contributed by atoms with E-state index in [1.165, 1.54) is 6.07 Å². The first-order chi connectivity index (χ1) is 7.67. The van der Waals surface area contributed by atoms with Crippen LogP contribution >= 0.6 is 15.9 Å². The lowest BCUT2D eigenvalue weighted by atomic mass is 10.0. The molecule has 0 spiro atoms. The van der Waals surface area contributed by atoms with Crippen LogP contribution in [0.1, 0.15) is 30.9 Å². The summed E-state index contributed by atoms with van der Waals surface area (Å²) in [6.07, 6.45) is 7.82. The average molecular weight is 284 g/mol. The third-order valence-corrected chi connectivity index (χ3v) is 2.91. The van der Waals surface area contributed by atoms with E-state index in [9.17, 15) is 4.39 Å². The van der Waals surface area contributed by atoms with Gasteiger partial charge >= 0.3 is 0 Å². The largest absolute Gasteiger partial charge is 0.313 e. The topological polar surface area (TPSA) is 12.0 Å². The SMILES string of the molecule is C#CCCCC(NC)c1cc(F)cc(Br)c1. The van der Waals surface area contributed by atoms with Crippen molar-refractivity contribution >= 4 is 15.9 Å². The monoisotopic (exact) mass is 283 g/mol. The van der Waals surface area contributed by atoms with Crippen LogP contribution in [-0.4, -0.2) is 7.05 Å². The van der Waals surface area contributed by atoms with Crippen molar-refractivity contribution in [1.29, 1.82) is 0 Å². The summed E-state index contributed by atoms with van der Waals surface area (Å²) in [7, 11) is 1.87. The van der Waals surface area contributed by atoms with Crippen LogP contribution in [0, 0.1) is 18.2 Å². The molecular formula is C13H15BrFN. The minimum Gasteiger partial charge on any atom is -0.313 e. The fourth-order valence-corrected chi connectivity index (χ4v) is 2.15. The van der Waals surface area contributed by atoms with E-state index in [1.807, 2.05) is 13.1 Å². The second kappa shape index (κ2) is 6.67. The van der Waals surface area contributed by atoms with E-state index < -0.39 is 0 Å². The highest BCUT2D eigenvalue weighted by atomic mass is 79.9. The molecule has 1 N–H and O–H groups in total. The number of terminal acetylenes is 1. The van der Waals surface area contributed by atoms with Crippen LogP contribution < -0.4 is 5.32 Å². The first-order valence-corrected chi connectivity index (χ1v) is 6.03. The van der Waals surface area contributed by atoms with Crippen molar-refractivity contribution in [3.05, 3.63) is 34.1 Å². The summed E-state index contributed by atoms with van der Waals surface area (Å²) in [5.41, 5.74) is 0.950. The Morgan fingerprint density at radius 3 is 2.81 bits per heavy atom. The van der Waals surface area contributed by atoms with Gasteiger partial charge in [-0.15, -0.1) is 12.3 Å². The zero-order valence-corrected chi connectivity index (χ0v) is 10.8. The maximum atomic E-state index is 13.2. The van der Waals surface area contributed by atoms with Gasteiger partial charge in [-0.3, -0.25) is 0 Å². The standard InChI is InChI=1S/C13H15BrFN/c1-3-4-5-6-13(16-2)10-7-11(14)9-12(15)8-10/h1,7-9,13,16H,4-6H2,2H3. The maximum absolute atomic E-state index is 13.2. The molecule has 0 radical (unpaired) electrons. The lowest BCUT2D eigenvalue weighted by molar-refractivity contribution is 0.526. The number of halogens is 2. The Morgan fingerprint density at radius 1 is 1.50 bits per heavy atom. The predicted octanol–water partition coefficient (Wildman–Crippen LogP) is 3.65. The smallest absolute Gasteiger partial charge is 0.124 e. The Kier molecular flexibility index (Phi) is 5.51. The molecule has 0 fully saturated rings. The number of benzene rings is 1. The Labute approximate surface area is 105 Å². The molecule has 0 aliphatic rings. The van der Waals surface area contributed by atoms with Gasteiger partial charge in [0, 0.05) is 16.9 Å². The molecule has 1 aromatic carbocycles. The molecule has 0 saturated heterocycles. The fourth-order valence-electron chi connectivity index (χ4n) is 1.66. The van der Waals surface area contributed by atoms with Crippen molar-refractivity contribution < 1.29 is 4.39 Å². The first-order valence-electron chi connectivity index (χ1n) is 5.24. The normalized spacial score (nSPS) is 12.1. The van der Waals surface area contributed by atoms with E-state index >= 15 is 0 Å². The van der Waals surface area contributed by atoms with Crippen molar-refractivity contribution in [3.63, 3.8) is 0 Å². The second-order valence-electron chi connectivity index (χ2n) is 3.64. The van der Waals surface area contributed by atoms with E-state index in [2.05, 4.69) is 27.2 Å². The zero-order valence-electron chi connectivity index (χ0n) is 9.26. The molecule has 1 nitrogen and oxygen atoms in total. The van der Waals surface area contributed by atoms with E-state index in [-0.39, 0.29) is 11.9 Å².